The van der Waals surface area contributed by atoms with Gasteiger partial charge >= 0.3 is 0 Å². The van der Waals surface area contributed by atoms with Crippen molar-refractivity contribution >= 4 is 29.0 Å². The monoisotopic (exact) mass is 269 g/mol. The van der Waals surface area contributed by atoms with E-state index in [9.17, 15) is 4.79 Å². The minimum atomic E-state index is -0.675. The first-order valence-electron chi connectivity index (χ1n) is 5.54. The molecule has 0 aliphatic carbocycles. The molecular weight excluding hydrogens is 254 g/mol. The van der Waals surface area contributed by atoms with E-state index in [-0.39, 0.29) is 11.7 Å². The maximum absolute atomic E-state index is 12.0. The molecule has 1 atom stereocenters. The van der Waals surface area contributed by atoms with Crippen LogP contribution in [-0.2, 0) is 4.79 Å². The molecule has 1 amide bonds. The van der Waals surface area contributed by atoms with Crippen LogP contribution in [0.3, 0.4) is 0 Å². The second kappa shape index (κ2) is 6.26. The van der Waals surface area contributed by atoms with E-state index in [0.717, 1.165) is 5.56 Å². The van der Waals surface area contributed by atoms with E-state index < -0.39 is 5.92 Å². The summed E-state index contributed by atoms with van der Waals surface area (Å²) in [5, 5.41) is 14.6. The van der Waals surface area contributed by atoms with Crippen molar-refractivity contribution in [3.63, 3.8) is 0 Å². The summed E-state index contributed by atoms with van der Waals surface area (Å²) in [6.45, 7) is 3.62. The van der Waals surface area contributed by atoms with Gasteiger partial charge in [-0.3, -0.25) is 4.79 Å². The number of carbonyl (C=O) groups is 1. The first kappa shape index (κ1) is 14.3. The first-order chi connectivity index (χ1) is 8.51. The molecule has 1 aromatic rings. The van der Waals surface area contributed by atoms with Crippen LogP contribution in [0.15, 0.2) is 23.4 Å². The number of amidine groups is 1. The third-order valence-corrected chi connectivity index (χ3v) is 2.98. The maximum Gasteiger partial charge on any atom is 0.235 e. The number of nitrogens with zero attached hydrogens (tertiary/aromatic N) is 1. The van der Waals surface area contributed by atoms with Gasteiger partial charge in [-0.05, 0) is 25.0 Å². The quantitative estimate of drug-likeness (QED) is 0.339. The van der Waals surface area contributed by atoms with E-state index in [2.05, 4.69) is 10.5 Å². The van der Waals surface area contributed by atoms with Crippen LogP contribution >= 0.6 is 11.6 Å². The minimum Gasteiger partial charge on any atom is -0.409 e. The molecule has 1 aromatic carbocycles. The normalized spacial score (nSPS) is 13.2. The number of nitrogens with two attached hydrogens (primary N) is 1. The Balaban J connectivity index is 2.94. The van der Waals surface area contributed by atoms with Crippen LogP contribution in [0.4, 0.5) is 5.69 Å². The summed E-state index contributed by atoms with van der Waals surface area (Å²) >= 11 is 6.01. The number of nitrogens with one attached hydrogen (secondary N) is 1. The number of benzene rings is 1. The number of para-hydroxylation sites is 1. The van der Waals surface area contributed by atoms with Crippen molar-refractivity contribution < 1.29 is 10.0 Å². The molecule has 0 spiro atoms. The third kappa shape index (κ3) is 3.13. The predicted octanol–water partition coefficient (Wildman–Crippen LogP) is 2.36. The van der Waals surface area contributed by atoms with Crippen LogP contribution in [0.25, 0.3) is 0 Å². The van der Waals surface area contributed by atoms with Crippen molar-refractivity contribution in [2.24, 2.45) is 16.8 Å². The summed E-state index contributed by atoms with van der Waals surface area (Å²) in [5.41, 5.74) is 6.87. The zero-order chi connectivity index (χ0) is 13.7. The molecule has 0 fully saturated rings. The van der Waals surface area contributed by atoms with Gasteiger partial charge in [0.05, 0.1) is 16.6 Å². The van der Waals surface area contributed by atoms with Crippen LogP contribution in [0, 0.1) is 12.8 Å². The van der Waals surface area contributed by atoms with Crippen molar-refractivity contribution in [3.05, 3.63) is 28.8 Å². The molecule has 18 heavy (non-hydrogen) atoms. The average Bonchev–Trinajstić information content (AvgIpc) is 2.34. The lowest BCUT2D eigenvalue weighted by molar-refractivity contribution is -0.118. The van der Waals surface area contributed by atoms with Gasteiger partial charge < -0.3 is 16.3 Å². The van der Waals surface area contributed by atoms with Gasteiger partial charge in [-0.2, -0.15) is 0 Å². The lowest BCUT2D eigenvalue weighted by Crippen LogP contribution is -2.34. The molecule has 5 nitrogen and oxygen atoms in total. The SMILES string of the molecule is CCC(C(=O)Nc1c(C)cccc1Cl)C(N)=NO. The Kier molecular flexibility index (Phi) is 4.97. The fraction of sp³-hybridized carbons (Fsp3) is 0.333. The molecule has 0 aliphatic rings. The zero-order valence-electron chi connectivity index (χ0n) is 10.3. The summed E-state index contributed by atoms with van der Waals surface area (Å²) in [5.74, 6) is -1.13. The molecule has 4 N–H and O–H groups in total. The molecule has 0 radical (unpaired) electrons. The molecule has 1 rings (SSSR count). The van der Waals surface area contributed by atoms with E-state index >= 15 is 0 Å². The smallest absolute Gasteiger partial charge is 0.235 e. The van der Waals surface area contributed by atoms with E-state index in [4.69, 9.17) is 22.5 Å². The van der Waals surface area contributed by atoms with Gasteiger partial charge in [0.1, 0.15) is 0 Å². The summed E-state index contributed by atoms with van der Waals surface area (Å²) < 4.78 is 0. The van der Waals surface area contributed by atoms with Gasteiger partial charge in [0.15, 0.2) is 5.84 Å². The molecule has 6 heteroatoms. The fourth-order valence-corrected chi connectivity index (χ4v) is 1.87. The Labute approximate surface area is 111 Å². The summed E-state index contributed by atoms with van der Waals surface area (Å²) in [4.78, 5) is 12.0. The molecule has 0 saturated heterocycles. The van der Waals surface area contributed by atoms with Gasteiger partial charge in [0.2, 0.25) is 5.91 Å². The zero-order valence-corrected chi connectivity index (χ0v) is 11.0. The summed E-state index contributed by atoms with van der Waals surface area (Å²) in [7, 11) is 0. The van der Waals surface area contributed by atoms with Crippen molar-refractivity contribution in [2.75, 3.05) is 5.32 Å². The molecule has 0 bridgehead atoms. The highest BCUT2D eigenvalue weighted by molar-refractivity contribution is 6.34. The van der Waals surface area contributed by atoms with Crippen molar-refractivity contribution in [1.29, 1.82) is 0 Å². The Morgan fingerprint density at radius 3 is 2.78 bits per heavy atom. The number of carbonyl (C=O) groups excluding carboxylic acids is 1. The largest absolute Gasteiger partial charge is 0.409 e. The van der Waals surface area contributed by atoms with Crippen molar-refractivity contribution in [3.8, 4) is 0 Å². The van der Waals surface area contributed by atoms with E-state index in [1.165, 1.54) is 0 Å². The molecule has 1 unspecified atom stereocenters. The number of aryl methyl sites for hydroxylation is 1. The Hall–Kier alpha value is -1.75. The van der Waals surface area contributed by atoms with Crippen LogP contribution in [-0.4, -0.2) is 17.0 Å². The number of halogens is 1. The highest BCUT2D eigenvalue weighted by Crippen LogP contribution is 2.25. The standard InChI is InChI=1S/C12H16ClN3O2/c1-3-8(11(14)16-18)12(17)15-10-7(2)5-4-6-9(10)13/h4-6,8,18H,3H2,1-2H3,(H2,14,16)(H,15,17). The predicted molar refractivity (Wildman–Crippen MR) is 72.0 cm³/mol. The number of hydrogen-bond acceptors (Lipinski definition) is 3. The summed E-state index contributed by atoms with van der Waals surface area (Å²) in [6, 6.07) is 5.33. The molecule has 98 valence electrons. The minimum absolute atomic E-state index is 0.111. The van der Waals surface area contributed by atoms with Crippen LogP contribution in [0.1, 0.15) is 18.9 Å². The van der Waals surface area contributed by atoms with Crippen LogP contribution < -0.4 is 11.1 Å². The van der Waals surface area contributed by atoms with Crippen LogP contribution in [0.2, 0.25) is 5.02 Å². The number of rotatable bonds is 4. The van der Waals surface area contributed by atoms with Gasteiger partial charge in [-0.15, -0.1) is 0 Å². The lowest BCUT2D eigenvalue weighted by Gasteiger charge is -2.15. The fourth-order valence-electron chi connectivity index (χ4n) is 1.60. The Bertz CT molecular complexity index is 454. The van der Waals surface area contributed by atoms with E-state index in [0.29, 0.717) is 17.1 Å². The Morgan fingerprint density at radius 2 is 2.28 bits per heavy atom. The molecule has 0 saturated carbocycles. The van der Waals surface area contributed by atoms with Gasteiger partial charge in [0.25, 0.3) is 0 Å². The van der Waals surface area contributed by atoms with Crippen molar-refractivity contribution in [2.45, 2.75) is 20.3 Å². The lowest BCUT2D eigenvalue weighted by atomic mass is 10.0. The second-order valence-electron chi connectivity index (χ2n) is 3.91. The van der Waals surface area contributed by atoms with Crippen molar-refractivity contribution in [1.82, 2.24) is 0 Å². The average molecular weight is 270 g/mol. The highest BCUT2D eigenvalue weighted by atomic mass is 35.5. The Morgan fingerprint density at radius 1 is 1.61 bits per heavy atom. The van der Waals surface area contributed by atoms with Gasteiger partial charge in [-0.1, -0.05) is 35.8 Å². The molecule has 0 heterocycles. The number of anilines is 1. The van der Waals surface area contributed by atoms with Gasteiger partial charge in [0, 0.05) is 0 Å². The number of oxime groups is 1. The topological polar surface area (TPSA) is 87.7 Å². The maximum atomic E-state index is 12.0. The van der Waals surface area contributed by atoms with Gasteiger partial charge in [-0.25, -0.2) is 0 Å². The summed E-state index contributed by atoms with van der Waals surface area (Å²) in [6.07, 6.45) is 0.436. The number of amides is 1. The molecular formula is C12H16ClN3O2. The highest BCUT2D eigenvalue weighted by Gasteiger charge is 2.22. The number of hydrogen-bond donors (Lipinski definition) is 3. The van der Waals surface area contributed by atoms with E-state index in [1.54, 1.807) is 19.1 Å². The second-order valence-corrected chi connectivity index (χ2v) is 4.31. The first-order valence-corrected chi connectivity index (χ1v) is 5.92. The molecule has 0 aliphatic heterocycles. The van der Waals surface area contributed by atoms with E-state index in [1.807, 2.05) is 13.0 Å². The molecule has 0 aromatic heterocycles. The third-order valence-electron chi connectivity index (χ3n) is 2.67. The van der Waals surface area contributed by atoms with Crippen LogP contribution in [0.5, 0.6) is 0 Å².